The molecule has 2 amide bonds. The first-order chi connectivity index (χ1) is 10.1. The number of morpholine rings is 1. The molecule has 6 heteroatoms. The summed E-state index contributed by atoms with van der Waals surface area (Å²) in [6, 6.07) is 6.20. The fourth-order valence-electron chi connectivity index (χ4n) is 2.14. The molecular weight excluding hydrogens is 272 g/mol. The number of hydrogen-bond acceptors (Lipinski definition) is 4. The van der Waals surface area contributed by atoms with E-state index in [1.807, 2.05) is 0 Å². The smallest absolute Gasteiger partial charge is 0.251 e. The molecule has 114 valence electrons. The van der Waals surface area contributed by atoms with Gasteiger partial charge in [-0.3, -0.25) is 9.59 Å². The maximum atomic E-state index is 12.2. The van der Waals surface area contributed by atoms with Crippen LogP contribution >= 0.6 is 0 Å². The Morgan fingerprint density at radius 3 is 2.43 bits per heavy atom. The van der Waals surface area contributed by atoms with Crippen LogP contribution in [-0.4, -0.2) is 56.2 Å². The number of hydrogen-bond donors (Lipinski definition) is 1. The van der Waals surface area contributed by atoms with E-state index in [0.717, 1.165) is 0 Å². The molecule has 6 nitrogen and oxygen atoms in total. The van der Waals surface area contributed by atoms with Crippen LogP contribution in [0.3, 0.4) is 0 Å². The number of benzene rings is 1. The minimum absolute atomic E-state index is 0.0832. The maximum absolute atomic E-state index is 12.2. The molecule has 1 aliphatic rings. The summed E-state index contributed by atoms with van der Waals surface area (Å²) in [5.74, 6) is 0.330. The summed E-state index contributed by atoms with van der Waals surface area (Å²) in [7, 11) is 1.57. The molecule has 0 saturated carbocycles. The van der Waals surface area contributed by atoms with Crippen molar-refractivity contribution in [1.29, 1.82) is 0 Å². The molecule has 1 fully saturated rings. The van der Waals surface area contributed by atoms with Gasteiger partial charge in [0.1, 0.15) is 11.8 Å². The number of ether oxygens (including phenoxy) is 2. The maximum Gasteiger partial charge on any atom is 0.251 e. The van der Waals surface area contributed by atoms with Gasteiger partial charge in [0.05, 0.1) is 20.3 Å². The first kappa shape index (κ1) is 15.3. The van der Waals surface area contributed by atoms with Gasteiger partial charge in [-0.15, -0.1) is 0 Å². The Kier molecular flexibility index (Phi) is 5.16. The lowest BCUT2D eigenvalue weighted by Crippen LogP contribution is -2.50. The molecule has 0 aliphatic carbocycles. The monoisotopic (exact) mass is 292 g/mol. The van der Waals surface area contributed by atoms with Gasteiger partial charge < -0.3 is 19.7 Å². The van der Waals surface area contributed by atoms with E-state index < -0.39 is 6.04 Å². The van der Waals surface area contributed by atoms with Gasteiger partial charge in [-0.25, -0.2) is 0 Å². The number of carbonyl (C=O) groups excluding carboxylic acids is 2. The van der Waals surface area contributed by atoms with Crippen molar-refractivity contribution in [3.63, 3.8) is 0 Å². The van der Waals surface area contributed by atoms with E-state index in [1.54, 1.807) is 43.2 Å². The van der Waals surface area contributed by atoms with E-state index in [9.17, 15) is 9.59 Å². The summed E-state index contributed by atoms with van der Waals surface area (Å²) in [6.45, 7) is 3.93. The van der Waals surface area contributed by atoms with E-state index in [4.69, 9.17) is 9.47 Å². The molecule has 2 rings (SSSR count). The fourth-order valence-corrected chi connectivity index (χ4v) is 2.14. The largest absolute Gasteiger partial charge is 0.497 e. The van der Waals surface area contributed by atoms with Crippen molar-refractivity contribution in [3.8, 4) is 5.75 Å². The molecule has 1 aliphatic heterocycles. The van der Waals surface area contributed by atoms with E-state index in [-0.39, 0.29) is 11.8 Å². The van der Waals surface area contributed by atoms with Crippen molar-refractivity contribution < 1.29 is 19.1 Å². The van der Waals surface area contributed by atoms with Gasteiger partial charge in [-0.1, -0.05) is 0 Å². The highest BCUT2D eigenvalue weighted by atomic mass is 16.5. The third kappa shape index (κ3) is 3.95. The van der Waals surface area contributed by atoms with Crippen LogP contribution < -0.4 is 10.1 Å². The predicted octanol–water partition coefficient (Wildman–Crippen LogP) is 0.672. The summed E-state index contributed by atoms with van der Waals surface area (Å²) >= 11 is 0. The number of carbonyl (C=O) groups is 2. The number of nitrogens with one attached hydrogen (secondary N) is 1. The molecule has 0 aromatic heterocycles. The summed E-state index contributed by atoms with van der Waals surface area (Å²) in [6.07, 6.45) is 0. The van der Waals surface area contributed by atoms with E-state index in [2.05, 4.69) is 5.32 Å². The fraction of sp³-hybridized carbons (Fsp3) is 0.467. The summed E-state index contributed by atoms with van der Waals surface area (Å²) in [5.41, 5.74) is 0.498. The van der Waals surface area contributed by atoms with Crippen LogP contribution in [0.1, 0.15) is 17.3 Å². The number of amides is 2. The lowest BCUT2D eigenvalue weighted by molar-refractivity contribution is -0.136. The third-order valence-electron chi connectivity index (χ3n) is 3.39. The van der Waals surface area contributed by atoms with Gasteiger partial charge in [-0.2, -0.15) is 0 Å². The highest BCUT2D eigenvalue weighted by molar-refractivity contribution is 5.97. The average Bonchev–Trinajstić information content (AvgIpc) is 2.55. The second kappa shape index (κ2) is 7.08. The minimum atomic E-state index is -0.558. The highest BCUT2D eigenvalue weighted by Gasteiger charge is 2.23. The Hall–Kier alpha value is -2.08. The van der Waals surface area contributed by atoms with E-state index >= 15 is 0 Å². The topological polar surface area (TPSA) is 67.9 Å². The van der Waals surface area contributed by atoms with Crippen LogP contribution in [0.25, 0.3) is 0 Å². The summed E-state index contributed by atoms with van der Waals surface area (Å²) in [5, 5.41) is 2.72. The minimum Gasteiger partial charge on any atom is -0.497 e. The lowest BCUT2D eigenvalue weighted by atomic mass is 10.2. The van der Waals surface area contributed by atoms with Crippen molar-refractivity contribution in [2.24, 2.45) is 0 Å². The summed E-state index contributed by atoms with van der Waals surface area (Å²) < 4.78 is 10.3. The van der Waals surface area contributed by atoms with E-state index in [0.29, 0.717) is 37.6 Å². The molecule has 1 N–H and O–H groups in total. The Morgan fingerprint density at radius 2 is 1.86 bits per heavy atom. The number of methoxy groups -OCH3 is 1. The van der Waals surface area contributed by atoms with Gasteiger partial charge in [0, 0.05) is 18.7 Å². The Balaban J connectivity index is 1.92. The highest BCUT2D eigenvalue weighted by Crippen LogP contribution is 2.11. The SMILES string of the molecule is COc1ccc(C(=O)N[C@@H](C)C(=O)N2CCOCC2)cc1. The molecule has 21 heavy (non-hydrogen) atoms. The Bertz CT molecular complexity index is 495. The van der Waals surface area contributed by atoms with Crippen LogP contribution in [0.4, 0.5) is 0 Å². The normalized spacial score (nSPS) is 16.2. The lowest BCUT2D eigenvalue weighted by Gasteiger charge is -2.29. The molecule has 1 aromatic carbocycles. The molecule has 1 heterocycles. The van der Waals surface area contributed by atoms with Gasteiger partial charge in [0.25, 0.3) is 5.91 Å². The zero-order valence-corrected chi connectivity index (χ0v) is 12.3. The molecule has 0 unspecified atom stereocenters. The van der Waals surface area contributed by atoms with Gasteiger partial charge in [0.15, 0.2) is 0 Å². The van der Waals surface area contributed by atoms with E-state index in [1.165, 1.54) is 0 Å². The molecule has 0 spiro atoms. The van der Waals surface area contributed by atoms with Gasteiger partial charge in [-0.05, 0) is 31.2 Å². The standard InChI is InChI=1S/C15H20N2O4/c1-11(15(19)17-7-9-21-10-8-17)16-14(18)12-3-5-13(20-2)6-4-12/h3-6,11H,7-10H2,1-2H3,(H,16,18)/t11-/m0/s1. The molecule has 0 bridgehead atoms. The zero-order valence-electron chi connectivity index (χ0n) is 12.3. The van der Waals surface area contributed by atoms with Crippen molar-refractivity contribution in [3.05, 3.63) is 29.8 Å². The van der Waals surface area contributed by atoms with Crippen LogP contribution in [0.2, 0.25) is 0 Å². The average molecular weight is 292 g/mol. The van der Waals surface area contributed by atoms with Crippen LogP contribution in [0, 0.1) is 0 Å². The quantitative estimate of drug-likeness (QED) is 0.886. The van der Waals surface area contributed by atoms with Crippen LogP contribution in [0.5, 0.6) is 5.75 Å². The number of nitrogens with zero attached hydrogens (tertiary/aromatic N) is 1. The molecular formula is C15H20N2O4. The summed E-state index contributed by atoms with van der Waals surface area (Å²) in [4.78, 5) is 26.0. The zero-order chi connectivity index (χ0) is 15.2. The predicted molar refractivity (Wildman–Crippen MR) is 77.3 cm³/mol. The van der Waals surface area contributed by atoms with Crippen molar-refractivity contribution >= 4 is 11.8 Å². The second-order valence-corrected chi connectivity index (χ2v) is 4.86. The molecule has 0 radical (unpaired) electrons. The van der Waals surface area contributed by atoms with Gasteiger partial charge in [0.2, 0.25) is 5.91 Å². The Labute approximate surface area is 124 Å². The molecule has 1 atom stereocenters. The number of rotatable bonds is 4. The van der Waals surface area contributed by atoms with Crippen molar-refractivity contribution in [2.75, 3.05) is 33.4 Å². The van der Waals surface area contributed by atoms with Gasteiger partial charge >= 0.3 is 0 Å². The van der Waals surface area contributed by atoms with Crippen LogP contribution in [-0.2, 0) is 9.53 Å². The Morgan fingerprint density at radius 1 is 1.24 bits per heavy atom. The molecule has 1 aromatic rings. The second-order valence-electron chi connectivity index (χ2n) is 4.86. The third-order valence-corrected chi connectivity index (χ3v) is 3.39. The first-order valence-corrected chi connectivity index (χ1v) is 6.93. The first-order valence-electron chi connectivity index (χ1n) is 6.93. The van der Waals surface area contributed by atoms with Crippen molar-refractivity contribution in [1.82, 2.24) is 10.2 Å². The van der Waals surface area contributed by atoms with Crippen LogP contribution in [0.15, 0.2) is 24.3 Å². The van der Waals surface area contributed by atoms with Crippen molar-refractivity contribution in [2.45, 2.75) is 13.0 Å². The molecule has 1 saturated heterocycles.